The van der Waals surface area contributed by atoms with Crippen LogP contribution in [0, 0.1) is 13.8 Å². The lowest BCUT2D eigenvalue weighted by atomic mass is 9.88. The van der Waals surface area contributed by atoms with Crippen LogP contribution in [0.5, 0.6) is 5.75 Å². The van der Waals surface area contributed by atoms with Crippen molar-refractivity contribution in [3.63, 3.8) is 0 Å². The van der Waals surface area contributed by atoms with E-state index in [1.807, 2.05) is 51.1 Å². The van der Waals surface area contributed by atoms with Crippen LogP contribution in [0.4, 0.5) is 5.69 Å². The monoisotopic (exact) mass is 367 g/mol. The molecule has 2 aromatic rings. The molecular weight excluding hydrogens is 342 g/mol. The molecule has 0 saturated heterocycles. The molecule has 1 aliphatic heterocycles. The molecule has 0 unspecified atom stereocenters. The fourth-order valence-electron chi connectivity index (χ4n) is 3.86. The zero-order valence-electron chi connectivity index (χ0n) is 16.2. The molecule has 1 aliphatic rings. The molecule has 3 rings (SSSR count). The maximum absolute atomic E-state index is 13.2. The second-order valence-electron chi connectivity index (χ2n) is 7.15. The number of anilines is 1. The number of carbonyl (C=O) groups excluding carboxylic acids is 2. The molecule has 1 amide bonds. The first kappa shape index (κ1) is 19.1. The SMILES string of the molecule is CCOc1ccccc1CN1C(=O)[C@](O)(CC(C)=O)c2cc(C)cc(C)c21. The second-order valence-corrected chi connectivity index (χ2v) is 7.15. The summed E-state index contributed by atoms with van der Waals surface area (Å²) in [5, 5.41) is 11.2. The fraction of sp³-hybridized carbons (Fsp3) is 0.364. The fourth-order valence-corrected chi connectivity index (χ4v) is 3.86. The van der Waals surface area contributed by atoms with E-state index in [-0.39, 0.29) is 18.7 Å². The van der Waals surface area contributed by atoms with Crippen LogP contribution in [0.1, 0.15) is 42.5 Å². The van der Waals surface area contributed by atoms with Crippen LogP contribution in [0.25, 0.3) is 0 Å². The van der Waals surface area contributed by atoms with Crippen LogP contribution < -0.4 is 9.64 Å². The first-order chi connectivity index (χ1) is 12.8. The van der Waals surface area contributed by atoms with Crippen molar-refractivity contribution in [3.05, 3.63) is 58.7 Å². The largest absolute Gasteiger partial charge is 0.494 e. The molecule has 5 heteroatoms. The number of carbonyl (C=O) groups is 2. The minimum Gasteiger partial charge on any atom is -0.494 e. The summed E-state index contributed by atoms with van der Waals surface area (Å²) < 4.78 is 5.68. The van der Waals surface area contributed by atoms with Gasteiger partial charge in [0.15, 0.2) is 5.60 Å². The van der Waals surface area contributed by atoms with Crippen molar-refractivity contribution < 1.29 is 19.4 Å². The summed E-state index contributed by atoms with van der Waals surface area (Å²) in [7, 11) is 0. The van der Waals surface area contributed by atoms with Gasteiger partial charge in [0.25, 0.3) is 5.91 Å². The Morgan fingerprint density at radius 1 is 1.22 bits per heavy atom. The predicted octanol–water partition coefficient (Wildman–Crippen LogP) is 3.42. The van der Waals surface area contributed by atoms with Crippen LogP contribution in [-0.4, -0.2) is 23.4 Å². The highest BCUT2D eigenvalue weighted by atomic mass is 16.5. The molecule has 0 aliphatic carbocycles. The Bertz CT molecular complexity index is 905. The average molecular weight is 367 g/mol. The maximum Gasteiger partial charge on any atom is 0.264 e. The number of nitrogens with zero attached hydrogens (tertiary/aromatic N) is 1. The van der Waals surface area contributed by atoms with Gasteiger partial charge in [0.05, 0.1) is 18.8 Å². The summed E-state index contributed by atoms with van der Waals surface area (Å²) in [4.78, 5) is 26.6. The van der Waals surface area contributed by atoms with Crippen molar-refractivity contribution in [1.82, 2.24) is 0 Å². The Morgan fingerprint density at radius 3 is 2.59 bits per heavy atom. The van der Waals surface area contributed by atoms with Crippen LogP contribution in [0.2, 0.25) is 0 Å². The van der Waals surface area contributed by atoms with Gasteiger partial charge in [0.1, 0.15) is 11.5 Å². The number of ketones is 1. The van der Waals surface area contributed by atoms with Gasteiger partial charge in [-0.2, -0.15) is 0 Å². The van der Waals surface area contributed by atoms with Crippen LogP contribution >= 0.6 is 0 Å². The van der Waals surface area contributed by atoms with Crippen molar-refractivity contribution in [2.24, 2.45) is 0 Å². The first-order valence-corrected chi connectivity index (χ1v) is 9.14. The van der Waals surface area contributed by atoms with Gasteiger partial charge in [-0.1, -0.05) is 35.9 Å². The Balaban J connectivity index is 2.11. The molecule has 0 radical (unpaired) electrons. The molecular formula is C22H25NO4. The molecule has 0 aromatic heterocycles. The standard InChI is InChI=1S/C22H25NO4/c1-5-27-19-9-7-6-8-17(19)13-23-20-15(3)10-14(2)11-18(20)22(26,21(23)25)12-16(4)24/h6-11,26H,5,12-13H2,1-4H3/t22-/m0/s1. The molecule has 1 heterocycles. The van der Waals surface area contributed by atoms with E-state index < -0.39 is 11.5 Å². The lowest BCUT2D eigenvalue weighted by Gasteiger charge is -2.23. The van der Waals surface area contributed by atoms with Crippen molar-refractivity contribution >= 4 is 17.4 Å². The molecule has 0 fully saturated rings. The lowest BCUT2D eigenvalue weighted by molar-refractivity contribution is -0.141. The number of benzene rings is 2. The third-order valence-electron chi connectivity index (χ3n) is 4.86. The summed E-state index contributed by atoms with van der Waals surface area (Å²) >= 11 is 0. The van der Waals surface area contributed by atoms with E-state index in [0.29, 0.717) is 23.6 Å². The van der Waals surface area contributed by atoms with Gasteiger partial charge in [0, 0.05) is 17.5 Å². The van der Waals surface area contributed by atoms with E-state index in [0.717, 1.165) is 16.7 Å². The van der Waals surface area contributed by atoms with Gasteiger partial charge >= 0.3 is 0 Å². The number of Topliss-reactive ketones (excluding diaryl/α,β-unsaturated/α-hetero) is 1. The Kier molecular flexibility index (Phi) is 5.07. The Morgan fingerprint density at radius 2 is 1.93 bits per heavy atom. The zero-order valence-corrected chi connectivity index (χ0v) is 16.2. The van der Waals surface area contributed by atoms with Crippen LogP contribution in [-0.2, 0) is 21.7 Å². The van der Waals surface area contributed by atoms with E-state index in [2.05, 4.69) is 0 Å². The Labute approximate surface area is 159 Å². The molecule has 27 heavy (non-hydrogen) atoms. The number of hydrogen-bond acceptors (Lipinski definition) is 4. The molecule has 0 saturated carbocycles. The third-order valence-corrected chi connectivity index (χ3v) is 4.86. The quantitative estimate of drug-likeness (QED) is 0.850. The van der Waals surface area contributed by atoms with Crippen molar-refractivity contribution in [2.45, 2.75) is 46.3 Å². The number of amides is 1. The number of rotatable bonds is 6. The topological polar surface area (TPSA) is 66.8 Å². The molecule has 0 spiro atoms. The highest BCUT2D eigenvalue weighted by molar-refractivity contribution is 6.09. The molecule has 5 nitrogen and oxygen atoms in total. The normalized spacial score (nSPS) is 18.6. The molecule has 2 aromatic carbocycles. The van der Waals surface area contributed by atoms with Crippen LogP contribution in [0.15, 0.2) is 36.4 Å². The number of aryl methyl sites for hydroxylation is 2. The van der Waals surface area contributed by atoms with Crippen LogP contribution in [0.3, 0.4) is 0 Å². The minimum absolute atomic E-state index is 0.229. The Hall–Kier alpha value is -2.66. The van der Waals surface area contributed by atoms with Gasteiger partial charge in [-0.15, -0.1) is 0 Å². The van der Waals surface area contributed by atoms with E-state index in [1.54, 1.807) is 11.0 Å². The molecule has 1 atom stereocenters. The van der Waals surface area contributed by atoms with Gasteiger partial charge in [-0.3, -0.25) is 9.59 Å². The van der Waals surface area contributed by atoms with Gasteiger partial charge in [0.2, 0.25) is 0 Å². The summed E-state index contributed by atoms with van der Waals surface area (Å²) in [6.07, 6.45) is -0.231. The van der Waals surface area contributed by atoms with Crippen molar-refractivity contribution in [2.75, 3.05) is 11.5 Å². The number of para-hydroxylation sites is 1. The minimum atomic E-state index is -1.82. The van der Waals surface area contributed by atoms with Gasteiger partial charge in [-0.05, 0) is 39.3 Å². The van der Waals surface area contributed by atoms with Crippen molar-refractivity contribution in [1.29, 1.82) is 0 Å². The molecule has 142 valence electrons. The molecule has 1 N–H and O–H groups in total. The zero-order chi connectivity index (χ0) is 19.8. The summed E-state index contributed by atoms with van der Waals surface area (Å²) in [5.41, 5.74) is 2.06. The summed E-state index contributed by atoms with van der Waals surface area (Å²) in [5.74, 6) is 0.0151. The van der Waals surface area contributed by atoms with Gasteiger partial charge < -0.3 is 14.7 Å². The van der Waals surface area contributed by atoms with Crippen molar-refractivity contribution in [3.8, 4) is 5.75 Å². The number of aliphatic hydroxyl groups is 1. The van der Waals surface area contributed by atoms with E-state index in [9.17, 15) is 14.7 Å². The summed E-state index contributed by atoms with van der Waals surface area (Å²) in [6.45, 7) is 7.92. The average Bonchev–Trinajstić information content (AvgIpc) is 2.78. The first-order valence-electron chi connectivity index (χ1n) is 9.14. The predicted molar refractivity (Wildman–Crippen MR) is 104 cm³/mol. The third kappa shape index (κ3) is 3.35. The van der Waals surface area contributed by atoms with E-state index in [4.69, 9.17) is 4.74 Å². The van der Waals surface area contributed by atoms with E-state index in [1.165, 1.54) is 6.92 Å². The summed E-state index contributed by atoms with van der Waals surface area (Å²) in [6, 6.07) is 11.3. The lowest BCUT2D eigenvalue weighted by Crippen LogP contribution is -2.41. The molecule has 0 bridgehead atoms. The number of hydrogen-bond donors (Lipinski definition) is 1. The highest BCUT2D eigenvalue weighted by Gasteiger charge is 2.51. The second kappa shape index (κ2) is 7.16. The number of fused-ring (bicyclic) bond motifs is 1. The maximum atomic E-state index is 13.2. The van der Waals surface area contributed by atoms with E-state index >= 15 is 0 Å². The van der Waals surface area contributed by atoms with Gasteiger partial charge in [-0.25, -0.2) is 0 Å². The smallest absolute Gasteiger partial charge is 0.264 e. The number of ether oxygens (including phenoxy) is 1. The highest BCUT2D eigenvalue weighted by Crippen LogP contribution is 2.46.